The second kappa shape index (κ2) is 7.50. The van der Waals surface area contributed by atoms with Crippen LogP contribution in [0.2, 0.25) is 0 Å². The molecule has 0 radical (unpaired) electrons. The lowest BCUT2D eigenvalue weighted by Crippen LogP contribution is -2.13. The lowest BCUT2D eigenvalue weighted by Gasteiger charge is -2.01. The molecule has 0 saturated heterocycles. The van der Waals surface area contributed by atoms with Gasteiger partial charge >= 0.3 is 5.97 Å². The second-order valence-electron chi connectivity index (χ2n) is 1.83. The maximum atomic E-state index is 10.5. The Morgan fingerprint density at radius 2 is 1.91 bits per heavy atom. The van der Waals surface area contributed by atoms with Crippen LogP contribution in [-0.4, -0.2) is 39.5 Å². The van der Waals surface area contributed by atoms with Crippen LogP contribution in [0.1, 0.15) is 6.92 Å². The minimum Gasteiger partial charge on any atom is -0.467 e. The molecule has 4 nitrogen and oxygen atoms in total. The van der Waals surface area contributed by atoms with E-state index in [0.717, 1.165) is 0 Å². The molecule has 0 spiro atoms. The van der Waals surface area contributed by atoms with Gasteiger partial charge in [0.15, 0.2) is 0 Å². The molecular weight excluding hydrogens is 148 g/mol. The summed E-state index contributed by atoms with van der Waals surface area (Å²) < 4.78 is 14.2. The molecule has 0 atom stereocenters. The number of ether oxygens (including phenoxy) is 3. The summed E-state index contributed by atoms with van der Waals surface area (Å²) in [7, 11) is 1.33. The maximum absolute atomic E-state index is 10.5. The fourth-order valence-electron chi connectivity index (χ4n) is 0.477. The van der Waals surface area contributed by atoms with E-state index in [2.05, 4.69) is 4.74 Å². The van der Waals surface area contributed by atoms with Gasteiger partial charge in [-0.3, -0.25) is 0 Å². The van der Waals surface area contributed by atoms with Crippen molar-refractivity contribution in [2.24, 2.45) is 0 Å². The number of carbonyl (C=O) groups excluding carboxylic acids is 1. The Balaban J connectivity index is 2.95. The number of carbonyl (C=O) groups is 1. The number of methoxy groups -OCH3 is 1. The highest BCUT2D eigenvalue weighted by Gasteiger charge is 1.97. The first kappa shape index (κ1) is 10.4. The molecule has 66 valence electrons. The average Bonchev–Trinajstić information content (AvgIpc) is 2.04. The predicted octanol–water partition coefficient (Wildman–Crippen LogP) is 0.212. The fourth-order valence-corrected chi connectivity index (χ4v) is 0.477. The Hall–Kier alpha value is -0.610. The number of hydrogen-bond donors (Lipinski definition) is 0. The van der Waals surface area contributed by atoms with E-state index < -0.39 is 0 Å². The van der Waals surface area contributed by atoms with Gasteiger partial charge in [-0.05, 0) is 6.92 Å². The predicted molar refractivity (Wildman–Crippen MR) is 39.3 cm³/mol. The Morgan fingerprint density at radius 3 is 2.45 bits per heavy atom. The van der Waals surface area contributed by atoms with E-state index in [0.29, 0.717) is 19.8 Å². The summed E-state index contributed by atoms with van der Waals surface area (Å²) >= 11 is 0. The summed E-state index contributed by atoms with van der Waals surface area (Å²) in [5, 5.41) is 0. The molecule has 0 bridgehead atoms. The van der Waals surface area contributed by atoms with E-state index in [1.165, 1.54) is 7.11 Å². The van der Waals surface area contributed by atoms with Gasteiger partial charge in [-0.25, -0.2) is 4.79 Å². The van der Waals surface area contributed by atoms with Crippen LogP contribution in [0.4, 0.5) is 0 Å². The first-order chi connectivity index (χ1) is 5.31. The third-order valence-corrected chi connectivity index (χ3v) is 1.02. The van der Waals surface area contributed by atoms with Crippen LogP contribution in [0.15, 0.2) is 0 Å². The molecule has 0 heterocycles. The molecule has 0 fully saturated rings. The highest BCUT2D eigenvalue weighted by atomic mass is 16.6. The topological polar surface area (TPSA) is 44.8 Å². The van der Waals surface area contributed by atoms with Crippen molar-refractivity contribution in [1.82, 2.24) is 0 Å². The molecule has 0 aliphatic heterocycles. The van der Waals surface area contributed by atoms with E-state index in [1.807, 2.05) is 6.92 Å². The fraction of sp³-hybridized carbons (Fsp3) is 0.857. The Kier molecular flexibility index (Phi) is 7.08. The zero-order valence-electron chi connectivity index (χ0n) is 6.96. The molecule has 11 heavy (non-hydrogen) atoms. The minimum absolute atomic E-state index is 0.00355. The number of esters is 1. The van der Waals surface area contributed by atoms with Crippen LogP contribution >= 0.6 is 0 Å². The smallest absolute Gasteiger partial charge is 0.331 e. The van der Waals surface area contributed by atoms with Gasteiger partial charge in [0, 0.05) is 6.61 Å². The van der Waals surface area contributed by atoms with Crippen molar-refractivity contribution < 1.29 is 19.0 Å². The first-order valence-corrected chi connectivity index (χ1v) is 3.53. The van der Waals surface area contributed by atoms with Gasteiger partial charge in [-0.1, -0.05) is 0 Å². The van der Waals surface area contributed by atoms with Crippen LogP contribution in [0, 0.1) is 0 Å². The summed E-state index contributed by atoms with van der Waals surface area (Å²) in [6.07, 6.45) is 0. The monoisotopic (exact) mass is 162 g/mol. The highest BCUT2D eigenvalue weighted by Crippen LogP contribution is 1.80. The van der Waals surface area contributed by atoms with Crippen LogP contribution in [0.3, 0.4) is 0 Å². The van der Waals surface area contributed by atoms with E-state index >= 15 is 0 Å². The van der Waals surface area contributed by atoms with Crippen LogP contribution in [-0.2, 0) is 19.0 Å². The summed E-state index contributed by atoms with van der Waals surface area (Å²) in [6, 6.07) is 0. The quantitative estimate of drug-likeness (QED) is 0.414. The molecule has 0 aliphatic rings. The molecule has 0 aromatic rings. The summed E-state index contributed by atoms with van der Waals surface area (Å²) in [5.41, 5.74) is 0. The number of hydrogen-bond acceptors (Lipinski definition) is 4. The van der Waals surface area contributed by atoms with Crippen molar-refractivity contribution in [2.45, 2.75) is 6.92 Å². The largest absolute Gasteiger partial charge is 0.467 e. The Bertz CT molecular complexity index is 103. The SMILES string of the molecule is CCOCCOCC(=O)OC. The van der Waals surface area contributed by atoms with Gasteiger partial charge in [0.2, 0.25) is 0 Å². The standard InChI is InChI=1S/C7H14O4/c1-3-10-4-5-11-6-7(8)9-2/h3-6H2,1-2H3. The van der Waals surface area contributed by atoms with Crippen LogP contribution in [0.5, 0.6) is 0 Å². The second-order valence-corrected chi connectivity index (χ2v) is 1.83. The molecule has 0 saturated carbocycles. The van der Waals surface area contributed by atoms with Gasteiger partial charge in [-0.2, -0.15) is 0 Å². The minimum atomic E-state index is -0.360. The van der Waals surface area contributed by atoms with Crippen molar-refractivity contribution in [3.05, 3.63) is 0 Å². The zero-order valence-corrected chi connectivity index (χ0v) is 6.96. The van der Waals surface area contributed by atoms with Gasteiger partial charge in [0.1, 0.15) is 6.61 Å². The highest BCUT2D eigenvalue weighted by molar-refractivity contribution is 5.70. The van der Waals surface area contributed by atoms with E-state index in [9.17, 15) is 4.79 Å². The third-order valence-electron chi connectivity index (χ3n) is 1.02. The van der Waals surface area contributed by atoms with Crippen molar-refractivity contribution in [2.75, 3.05) is 33.5 Å². The third kappa shape index (κ3) is 7.29. The molecule has 0 rings (SSSR count). The van der Waals surface area contributed by atoms with Gasteiger partial charge in [0.05, 0.1) is 20.3 Å². The van der Waals surface area contributed by atoms with E-state index in [4.69, 9.17) is 9.47 Å². The average molecular weight is 162 g/mol. The van der Waals surface area contributed by atoms with Crippen molar-refractivity contribution in [3.8, 4) is 0 Å². The van der Waals surface area contributed by atoms with Crippen molar-refractivity contribution >= 4 is 5.97 Å². The molecule has 0 amide bonds. The van der Waals surface area contributed by atoms with Crippen molar-refractivity contribution in [3.63, 3.8) is 0 Å². The van der Waals surface area contributed by atoms with Crippen LogP contribution < -0.4 is 0 Å². The van der Waals surface area contributed by atoms with Gasteiger partial charge in [-0.15, -0.1) is 0 Å². The zero-order chi connectivity index (χ0) is 8.53. The Morgan fingerprint density at radius 1 is 1.27 bits per heavy atom. The Labute approximate surface area is 66.4 Å². The lowest BCUT2D eigenvalue weighted by atomic mass is 10.7. The number of rotatable bonds is 6. The van der Waals surface area contributed by atoms with Gasteiger partial charge < -0.3 is 14.2 Å². The van der Waals surface area contributed by atoms with Crippen molar-refractivity contribution in [1.29, 1.82) is 0 Å². The van der Waals surface area contributed by atoms with E-state index in [-0.39, 0.29) is 12.6 Å². The molecule has 0 aromatic heterocycles. The first-order valence-electron chi connectivity index (χ1n) is 3.53. The normalized spacial score (nSPS) is 9.64. The lowest BCUT2D eigenvalue weighted by molar-refractivity contribution is -0.146. The molecule has 0 unspecified atom stereocenters. The molecule has 0 N–H and O–H groups in total. The molecule has 0 aromatic carbocycles. The molecular formula is C7H14O4. The summed E-state index contributed by atoms with van der Waals surface area (Å²) in [4.78, 5) is 10.5. The summed E-state index contributed by atoms with van der Waals surface area (Å²) in [6.45, 7) is 3.53. The molecule has 4 heteroatoms. The molecule has 0 aliphatic carbocycles. The van der Waals surface area contributed by atoms with Gasteiger partial charge in [0.25, 0.3) is 0 Å². The maximum Gasteiger partial charge on any atom is 0.331 e. The van der Waals surface area contributed by atoms with Crippen LogP contribution in [0.25, 0.3) is 0 Å². The summed E-state index contributed by atoms with van der Waals surface area (Å²) in [5.74, 6) is -0.360. The van der Waals surface area contributed by atoms with E-state index in [1.54, 1.807) is 0 Å².